The zero-order chi connectivity index (χ0) is 12.7. The third-order valence-electron chi connectivity index (χ3n) is 4.59. The number of fused-ring (bicyclic) bond motifs is 4. The number of aromatic nitrogens is 1. The van der Waals surface area contributed by atoms with Gasteiger partial charge < -0.3 is 10.2 Å². The number of pyridine rings is 1. The van der Waals surface area contributed by atoms with Crippen LogP contribution in [0, 0.1) is 5.92 Å². The lowest BCUT2D eigenvalue weighted by molar-refractivity contribution is 0.0974. The summed E-state index contributed by atoms with van der Waals surface area (Å²) in [7, 11) is 0. The summed E-state index contributed by atoms with van der Waals surface area (Å²) >= 11 is 0. The second-order valence-corrected chi connectivity index (χ2v) is 5.78. The van der Waals surface area contributed by atoms with Gasteiger partial charge in [0, 0.05) is 18.0 Å². The van der Waals surface area contributed by atoms with Gasteiger partial charge in [-0.1, -0.05) is 18.2 Å². The molecule has 4 heterocycles. The van der Waals surface area contributed by atoms with E-state index in [-0.39, 0.29) is 0 Å². The Hall–Kier alpha value is -1.61. The normalized spacial score (nSPS) is 29.6. The van der Waals surface area contributed by atoms with Crippen LogP contribution in [0.2, 0.25) is 0 Å². The Balaban J connectivity index is 1.58. The van der Waals surface area contributed by atoms with E-state index in [0.29, 0.717) is 6.04 Å². The molecule has 1 unspecified atom stereocenters. The molecule has 0 aliphatic carbocycles. The molecule has 98 valence electrons. The predicted molar refractivity (Wildman–Crippen MR) is 78.3 cm³/mol. The number of hydrogen-bond donors (Lipinski definition) is 1. The standard InChI is InChI=1S/C16H19N3/c1-2-4-14-12(3-1)5-6-16(17-14)18-15-11-19-9-7-13(15)8-10-19/h1-6,13,15H,7-11H2,(H,17,18). The molecule has 2 aromatic rings. The van der Waals surface area contributed by atoms with Gasteiger partial charge in [0.15, 0.2) is 0 Å². The Labute approximate surface area is 113 Å². The van der Waals surface area contributed by atoms with Crippen LogP contribution in [-0.2, 0) is 0 Å². The lowest BCUT2D eigenvalue weighted by atomic mass is 9.84. The summed E-state index contributed by atoms with van der Waals surface area (Å²) in [4.78, 5) is 7.29. The van der Waals surface area contributed by atoms with E-state index in [1.165, 1.54) is 37.9 Å². The lowest BCUT2D eigenvalue weighted by Gasteiger charge is -2.45. The summed E-state index contributed by atoms with van der Waals surface area (Å²) in [5.41, 5.74) is 1.08. The van der Waals surface area contributed by atoms with Crippen LogP contribution in [0.4, 0.5) is 5.82 Å². The smallest absolute Gasteiger partial charge is 0.126 e. The first-order valence-electron chi connectivity index (χ1n) is 7.23. The van der Waals surface area contributed by atoms with Crippen LogP contribution in [0.15, 0.2) is 36.4 Å². The molecule has 1 atom stereocenters. The van der Waals surface area contributed by atoms with E-state index in [0.717, 1.165) is 17.3 Å². The molecule has 5 rings (SSSR count). The lowest BCUT2D eigenvalue weighted by Crippen LogP contribution is -2.53. The zero-order valence-electron chi connectivity index (χ0n) is 11.0. The number of rotatable bonds is 2. The van der Waals surface area contributed by atoms with Crippen LogP contribution in [0.25, 0.3) is 10.9 Å². The minimum absolute atomic E-state index is 0.580. The van der Waals surface area contributed by atoms with E-state index in [1.54, 1.807) is 0 Å². The Bertz CT molecular complexity index is 587. The molecule has 1 aromatic heterocycles. The van der Waals surface area contributed by atoms with Gasteiger partial charge in [-0.3, -0.25) is 0 Å². The van der Waals surface area contributed by atoms with Crippen molar-refractivity contribution in [3.8, 4) is 0 Å². The molecule has 0 saturated carbocycles. The van der Waals surface area contributed by atoms with Gasteiger partial charge in [-0.05, 0) is 50.0 Å². The SMILES string of the molecule is c1ccc2nc(NC3CN4CCC3CC4)ccc2c1. The monoisotopic (exact) mass is 253 g/mol. The molecule has 3 nitrogen and oxygen atoms in total. The number of piperidine rings is 3. The Morgan fingerprint density at radius 3 is 2.68 bits per heavy atom. The molecule has 19 heavy (non-hydrogen) atoms. The predicted octanol–water partition coefficient (Wildman–Crippen LogP) is 2.74. The van der Waals surface area contributed by atoms with Crippen LogP contribution in [-0.4, -0.2) is 35.6 Å². The van der Waals surface area contributed by atoms with Crippen molar-refractivity contribution in [1.29, 1.82) is 0 Å². The van der Waals surface area contributed by atoms with Gasteiger partial charge in [0.05, 0.1) is 5.52 Å². The first-order valence-corrected chi connectivity index (χ1v) is 7.23. The minimum Gasteiger partial charge on any atom is -0.366 e. The van der Waals surface area contributed by atoms with Crippen molar-refractivity contribution in [1.82, 2.24) is 9.88 Å². The Morgan fingerprint density at radius 1 is 1.05 bits per heavy atom. The highest BCUT2D eigenvalue weighted by Crippen LogP contribution is 2.29. The molecule has 3 fully saturated rings. The molecular formula is C16H19N3. The van der Waals surface area contributed by atoms with Gasteiger partial charge in [0.25, 0.3) is 0 Å². The van der Waals surface area contributed by atoms with Crippen LogP contribution in [0.5, 0.6) is 0 Å². The van der Waals surface area contributed by atoms with Crippen molar-refractivity contribution in [2.75, 3.05) is 25.0 Å². The van der Waals surface area contributed by atoms with Crippen molar-refractivity contribution < 1.29 is 0 Å². The van der Waals surface area contributed by atoms with E-state index in [1.807, 2.05) is 6.07 Å². The molecule has 3 aliphatic rings. The highest BCUT2D eigenvalue weighted by molar-refractivity contribution is 5.80. The van der Waals surface area contributed by atoms with Crippen LogP contribution in [0.3, 0.4) is 0 Å². The van der Waals surface area contributed by atoms with Crippen molar-refractivity contribution in [2.24, 2.45) is 5.92 Å². The third-order valence-corrected chi connectivity index (χ3v) is 4.59. The molecule has 3 saturated heterocycles. The number of hydrogen-bond acceptors (Lipinski definition) is 3. The Kier molecular flexibility index (Phi) is 2.66. The number of para-hydroxylation sites is 1. The van der Waals surface area contributed by atoms with Crippen LogP contribution < -0.4 is 5.32 Å². The van der Waals surface area contributed by atoms with Gasteiger partial charge in [0.2, 0.25) is 0 Å². The number of anilines is 1. The van der Waals surface area contributed by atoms with Crippen molar-refractivity contribution in [2.45, 2.75) is 18.9 Å². The maximum atomic E-state index is 4.72. The fraction of sp³-hybridized carbons (Fsp3) is 0.438. The van der Waals surface area contributed by atoms with Gasteiger partial charge in [-0.25, -0.2) is 4.98 Å². The molecule has 1 aromatic carbocycles. The number of benzene rings is 1. The molecule has 0 spiro atoms. The average Bonchev–Trinajstić information content (AvgIpc) is 2.48. The van der Waals surface area contributed by atoms with Crippen molar-refractivity contribution in [3.05, 3.63) is 36.4 Å². The second kappa shape index (κ2) is 4.49. The molecule has 3 heteroatoms. The summed E-state index contributed by atoms with van der Waals surface area (Å²) in [6.45, 7) is 3.75. The van der Waals surface area contributed by atoms with Gasteiger partial charge >= 0.3 is 0 Å². The van der Waals surface area contributed by atoms with Gasteiger partial charge in [0.1, 0.15) is 5.82 Å². The number of nitrogens with zero attached hydrogens (tertiary/aromatic N) is 2. The first kappa shape index (κ1) is 11.2. The Morgan fingerprint density at radius 2 is 1.89 bits per heavy atom. The minimum atomic E-state index is 0.580. The molecule has 1 N–H and O–H groups in total. The van der Waals surface area contributed by atoms with Gasteiger partial charge in [-0.2, -0.15) is 0 Å². The summed E-state index contributed by atoms with van der Waals surface area (Å²) in [5.74, 6) is 1.86. The maximum absolute atomic E-state index is 4.72. The summed E-state index contributed by atoms with van der Waals surface area (Å²) < 4.78 is 0. The van der Waals surface area contributed by atoms with E-state index in [4.69, 9.17) is 4.98 Å². The van der Waals surface area contributed by atoms with Crippen molar-refractivity contribution >= 4 is 16.7 Å². The highest BCUT2D eigenvalue weighted by atomic mass is 15.2. The highest BCUT2D eigenvalue weighted by Gasteiger charge is 2.34. The number of nitrogens with one attached hydrogen (secondary N) is 1. The quantitative estimate of drug-likeness (QED) is 0.892. The topological polar surface area (TPSA) is 28.2 Å². The fourth-order valence-corrected chi connectivity index (χ4v) is 3.46. The zero-order valence-corrected chi connectivity index (χ0v) is 11.0. The van der Waals surface area contributed by atoms with Crippen molar-refractivity contribution in [3.63, 3.8) is 0 Å². The first-order chi connectivity index (χ1) is 9.38. The van der Waals surface area contributed by atoms with E-state index < -0.39 is 0 Å². The summed E-state index contributed by atoms with van der Waals surface area (Å²) in [5, 5.41) is 4.86. The molecule has 0 radical (unpaired) electrons. The van der Waals surface area contributed by atoms with Crippen LogP contribution in [0.1, 0.15) is 12.8 Å². The molecule has 2 bridgehead atoms. The summed E-state index contributed by atoms with van der Waals surface area (Å²) in [6.07, 6.45) is 2.68. The van der Waals surface area contributed by atoms with Gasteiger partial charge in [-0.15, -0.1) is 0 Å². The average molecular weight is 253 g/mol. The maximum Gasteiger partial charge on any atom is 0.126 e. The fourth-order valence-electron chi connectivity index (χ4n) is 3.46. The molecular weight excluding hydrogens is 234 g/mol. The molecule has 3 aliphatic heterocycles. The molecule has 0 amide bonds. The second-order valence-electron chi connectivity index (χ2n) is 5.78. The van der Waals surface area contributed by atoms with E-state index >= 15 is 0 Å². The van der Waals surface area contributed by atoms with Crippen LogP contribution >= 0.6 is 0 Å². The summed E-state index contributed by atoms with van der Waals surface area (Å²) in [6, 6.07) is 13.2. The van der Waals surface area contributed by atoms with E-state index in [2.05, 4.69) is 40.5 Å². The van der Waals surface area contributed by atoms with E-state index in [9.17, 15) is 0 Å². The third kappa shape index (κ3) is 2.08. The largest absolute Gasteiger partial charge is 0.366 e.